The van der Waals surface area contributed by atoms with Gasteiger partial charge in [0.25, 0.3) is 0 Å². The molecule has 3 atom stereocenters. The smallest absolute Gasteiger partial charge is 0.303 e. The number of carbonyl (C=O) groups is 1. The molecule has 1 saturated heterocycles. The zero-order chi connectivity index (χ0) is 18.4. The van der Waals surface area contributed by atoms with Gasteiger partial charge >= 0.3 is 5.97 Å². The average molecular weight is 362 g/mol. The number of fused-ring (bicyclic) bond motifs is 3. The van der Waals surface area contributed by atoms with Gasteiger partial charge in [-0.1, -0.05) is 6.92 Å². The number of hydrogen-bond acceptors (Lipinski definition) is 2. The highest BCUT2D eigenvalue weighted by molar-refractivity contribution is 5.67. The Morgan fingerprint density at radius 2 is 1.50 bits per heavy atom. The number of hydrogen-bond donors (Lipinski definition) is 1. The zero-order valence-electron chi connectivity index (χ0n) is 17.0. The van der Waals surface area contributed by atoms with Crippen molar-refractivity contribution in [3.8, 4) is 0 Å². The molecule has 2 spiro atoms. The summed E-state index contributed by atoms with van der Waals surface area (Å²) in [5.41, 5.74) is 1.38. The average Bonchev–Trinajstić information content (AvgIpc) is 3.50. The third-order valence-electron chi connectivity index (χ3n) is 8.90. The number of aliphatic carboxylic acids is 1. The second-order valence-corrected chi connectivity index (χ2v) is 10.7. The van der Waals surface area contributed by atoms with Gasteiger partial charge in [0.2, 0.25) is 0 Å². The Hall–Kier alpha value is -0.570. The fourth-order valence-corrected chi connectivity index (χ4v) is 6.69. The molecule has 148 valence electrons. The first-order valence-corrected chi connectivity index (χ1v) is 11.3. The number of rotatable bonds is 2. The van der Waals surface area contributed by atoms with E-state index in [1.165, 1.54) is 83.7 Å². The van der Waals surface area contributed by atoms with Crippen molar-refractivity contribution < 1.29 is 9.90 Å². The lowest BCUT2D eigenvalue weighted by atomic mass is 9.76. The van der Waals surface area contributed by atoms with Crippen LogP contribution in [0.5, 0.6) is 0 Å². The molecule has 5 rings (SSSR count). The number of piperidine rings is 1. The lowest BCUT2D eigenvalue weighted by Gasteiger charge is -2.29. The highest BCUT2D eigenvalue weighted by Gasteiger charge is 2.64. The van der Waals surface area contributed by atoms with E-state index in [1.54, 1.807) is 0 Å². The Morgan fingerprint density at radius 1 is 0.923 bits per heavy atom. The summed E-state index contributed by atoms with van der Waals surface area (Å²) in [6.45, 7) is 4.95. The molecule has 0 aromatic carbocycles. The summed E-state index contributed by atoms with van der Waals surface area (Å²) in [6, 6.07) is 0. The number of carboxylic acid groups (broad SMARTS) is 1. The first-order valence-electron chi connectivity index (χ1n) is 11.3. The first-order chi connectivity index (χ1) is 12.4. The third-order valence-corrected chi connectivity index (χ3v) is 8.90. The lowest BCUT2D eigenvalue weighted by molar-refractivity contribution is -0.138. The van der Waals surface area contributed by atoms with Crippen LogP contribution in [0.15, 0.2) is 0 Å². The molecule has 5 aliphatic rings. The maximum absolute atomic E-state index is 11.0. The first kappa shape index (κ1) is 18.8. The molecule has 3 heteroatoms. The molecule has 0 radical (unpaired) electrons. The van der Waals surface area contributed by atoms with Crippen LogP contribution >= 0.6 is 0 Å². The van der Waals surface area contributed by atoms with E-state index in [2.05, 4.69) is 18.9 Å². The highest BCUT2D eigenvalue weighted by Crippen LogP contribution is 2.73. The Bertz CT molecular complexity index is 504. The Kier molecular flexibility index (Phi) is 5.14. The predicted molar refractivity (Wildman–Crippen MR) is 105 cm³/mol. The molecule has 1 heterocycles. The van der Waals surface area contributed by atoms with Gasteiger partial charge in [0.15, 0.2) is 0 Å². The molecule has 0 bridgehead atoms. The number of nitrogens with zero attached hydrogens (tertiary/aromatic N) is 1. The molecule has 0 aromatic rings. The van der Waals surface area contributed by atoms with Gasteiger partial charge in [0.05, 0.1) is 0 Å². The summed E-state index contributed by atoms with van der Waals surface area (Å²) in [4.78, 5) is 13.4. The van der Waals surface area contributed by atoms with E-state index in [9.17, 15) is 4.79 Å². The van der Waals surface area contributed by atoms with Crippen molar-refractivity contribution in [1.82, 2.24) is 4.90 Å². The second-order valence-electron chi connectivity index (χ2n) is 10.7. The van der Waals surface area contributed by atoms with Crippen LogP contribution in [0.2, 0.25) is 0 Å². The maximum Gasteiger partial charge on any atom is 0.303 e. The van der Waals surface area contributed by atoms with Gasteiger partial charge in [-0.2, -0.15) is 0 Å². The minimum Gasteiger partial charge on any atom is -0.481 e. The fourth-order valence-electron chi connectivity index (χ4n) is 6.69. The lowest BCUT2D eigenvalue weighted by Crippen LogP contribution is -2.28. The van der Waals surface area contributed by atoms with Crippen molar-refractivity contribution in [3.63, 3.8) is 0 Å². The minimum absolute atomic E-state index is 0.426. The number of carboxylic acids is 1. The van der Waals surface area contributed by atoms with Crippen molar-refractivity contribution in [1.29, 1.82) is 0 Å². The van der Waals surface area contributed by atoms with Crippen LogP contribution in [0.1, 0.15) is 84.0 Å². The van der Waals surface area contributed by atoms with Gasteiger partial charge < -0.3 is 10.0 Å². The largest absolute Gasteiger partial charge is 0.481 e. The normalized spacial score (nSPS) is 37.5. The van der Waals surface area contributed by atoms with E-state index in [1.807, 2.05) is 0 Å². The van der Waals surface area contributed by atoms with E-state index in [-0.39, 0.29) is 0 Å². The van der Waals surface area contributed by atoms with E-state index in [0.29, 0.717) is 23.2 Å². The standard InChI is InChI=1S/C16H24O2.C7H15N/c17-14(18)10-11-1-3-15(5-6-15)12-2-4-16(7-8-16)13(12)9-11;1-7-3-5-8(2)6-4-7/h11-13H,1-10H2,(H,17,18);7H,3-6H2,1-2H3. The fraction of sp³-hybridized carbons (Fsp3) is 0.957. The molecule has 26 heavy (non-hydrogen) atoms. The summed E-state index contributed by atoms with van der Waals surface area (Å²) in [6.07, 6.45) is 15.7. The predicted octanol–water partition coefficient (Wildman–Crippen LogP) is 5.20. The Balaban J connectivity index is 0.000000178. The van der Waals surface area contributed by atoms with Crippen molar-refractivity contribution in [2.45, 2.75) is 84.0 Å². The Morgan fingerprint density at radius 3 is 2.04 bits per heavy atom. The van der Waals surface area contributed by atoms with Crippen LogP contribution in [0, 0.1) is 34.5 Å². The summed E-state index contributed by atoms with van der Waals surface area (Å²) >= 11 is 0. The van der Waals surface area contributed by atoms with Crippen LogP contribution in [-0.4, -0.2) is 36.1 Å². The van der Waals surface area contributed by atoms with Gasteiger partial charge in [-0.05, 0) is 125 Å². The topological polar surface area (TPSA) is 40.5 Å². The maximum atomic E-state index is 11.0. The highest BCUT2D eigenvalue weighted by atomic mass is 16.4. The van der Waals surface area contributed by atoms with Crippen molar-refractivity contribution in [3.05, 3.63) is 0 Å². The summed E-state index contributed by atoms with van der Waals surface area (Å²) < 4.78 is 0. The van der Waals surface area contributed by atoms with Gasteiger partial charge in [-0.15, -0.1) is 0 Å². The summed E-state index contributed by atoms with van der Waals surface area (Å²) in [5.74, 6) is 2.74. The molecule has 1 aliphatic heterocycles. The molecule has 4 saturated carbocycles. The SMILES string of the molecule is CC1CCN(C)CC1.O=C(O)CC1CCC2(CC2)C2CCC3(CC3)C2C1. The second kappa shape index (κ2) is 7.11. The van der Waals surface area contributed by atoms with Gasteiger partial charge in [0, 0.05) is 6.42 Å². The van der Waals surface area contributed by atoms with Gasteiger partial charge in [-0.25, -0.2) is 0 Å². The van der Waals surface area contributed by atoms with Crippen LogP contribution < -0.4 is 0 Å². The van der Waals surface area contributed by atoms with Crippen LogP contribution in [0.4, 0.5) is 0 Å². The molecular formula is C23H39NO2. The summed E-state index contributed by atoms with van der Waals surface area (Å²) in [5, 5.41) is 9.09. The van der Waals surface area contributed by atoms with Gasteiger partial charge in [-0.3, -0.25) is 4.79 Å². The van der Waals surface area contributed by atoms with E-state index >= 15 is 0 Å². The molecule has 3 nitrogen and oxygen atoms in total. The van der Waals surface area contributed by atoms with Crippen LogP contribution in [-0.2, 0) is 4.79 Å². The van der Waals surface area contributed by atoms with Crippen LogP contribution in [0.25, 0.3) is 0 Å². The van der Waals surface area contributed by atoms with Crippen molar-refractivity contribution in [2.24, 2.45) is 34.5 Å². The molecule has 3 unspecified atom stereocenters. The molecule has 1 N–H and O–H groups in total. The van der Waals surface area contributed by atoms with E-state index in [4.69, 9.17) is 5.11 Å². The van der Waals surface area contributed by atoms with Gasteiger partial charge in [0.1, 0.15) is 0 Å². The van der Waals surface area contributed by atoms with Crippen molar-refractivity contribution in [2.75, 3.05) is 20.1 Å². The third kappa shape index (κ3) is 3.84. The molecular weight excluding hydrogens is 322 g/mol. The number of likely N-dealkylation sites (tertiary alicyclic amines) is 1. The monoisotopic (exact) mass is 361 g/mol. The minimum atomic E-state index is -0.578. The molecule has 4 aliphatic carbocycles. The molecule has 0 amide bonds. The Labute approximate surface area is 159 Å². The van der Waals surface area contributed by atoms with E-state index in [0.717, 1.165) is 17.8 Å². The summed E-state index contributed by atoms with van der Waals surface area (Å²) in [7, 11) is 2.20. The van der Waals surface area contributed by atoms with E-state index < -0.39 is 5.97 Å². The van der Waals surface area contributed by atoms with Crippen LogP contribution in [0.3, 0.4) is 0 Å². The zero-order valence-corrected chi connectivity index (χ0v) is 17.0. The molecule has 0 aromatic heterocycles. The molecule has 5 fully saturated rings. The van der Waals surface area contributed by atoms with Crippen molar-refractivity contribution >= 4 is 5.97 Å². The quantitative estimate of drug-likeness (QED) is 0.735.